The van der Waals surface area contributed by atoms with Crippen molar-refractivity contribution in [1.82, 2.24) is 34.3 Å². The Kier molecular flexibility index (Phi) is 7.07. The highest BCUT2D eigenvalue weighted by molar-refractivity contribution is 5.77. The van der Waals surface area contributed by atoms with E-state index in [9.17, 15) is 4.39 Å². The zero-order valence-electron chi connectivity index (χ0n) is 21.3. The van der Waals surface area contributed by atoms with Crippen LogP contribution in [0.25, 0.3) is 16.6 Å². The van der Waals surface area contributed by atoms with E-state index >= 15 is 0 Å². The summed E-state index contributed by atoms with van der Waals surface area (Å²) in [7, 11) is 1.91. The summed E-state index contributed by atoms with van der Waals surface area (Å²) >= 11 is 0. The van der Waals surface area contributed by atoms with E-state index in [1.54, 1.807) is 23.1 Å². The molecule has 1 saturated heterocycles. The maximum atomic E-state index is 13.1. The molecule has 1 aliphatic rings. The number of nitrogens with zero attached hydrogens (tertiary/aromatic N) is 9. The van der Waals surface area contributed by atoms with Crippen molar-refractivity contribution in [2.45, 2.75) is 20.3 Å². The molecule has 0 unspecified atom stereocenters. The second-order valence-electron chi connectivity index (χ2n) is 8.71. The number of aromatic nitrogens is 7. The number of piperazine rings is 1. The second-order valence-corrected chi connectivity index (χ2v) is 8.71. The van der Waals surface area contributed by atoms with Gasteiger partial charge in [0, 0.05) is 75.6 Å². The van der Waals surface area contributed by atoms with Gasteiger partial charge in [0.2, 0.25) is 5.95 Å². The molecule has 0 saturated carbocycles. The van der Waals surface area contributed by atoms with Gasteiger partial charge in [0.25, 0.3) is 0 Å². The van der Waals surface area contributed by atoms with Gasteiger partial charge in [-0.15, -0.1) is 0 Å². The molecule has 190 valence electrons. The molecule has 0 radical (unpaired) electrons. The highest BCUT2D eigenvalue weighted by Crippen LogP contribution is 2.27. The molecular weight excluding hydrogens is 469 g/mol. The van der Waals surface area contributed by atoms with Gasteiger partial charge in [-0.1, -0.05) is 26.0 Å². The summed E-state index contributed by atoms with van der Waals surface area (Å²) in [6.07, 6.45) is 11.8. The Morgan fingerprint density at radius 3 is 2.16 bits per heavy atom. The minimum atomic E-state index is -0.229. The van der Waals surface area contributed by atoms with E-state index in [2.05, 4.69) is 41.0 Å². The first-order valence-corrected chi connectivity index (χ1v) is 12.5. The maximum absolute atomic E-state index is 13.1. The van der Waals surface area contributed by atoms with Crippen molar-refractivity contribution in [2.75, 3.05) is 36.0 Å². The van der Waals surface area contributed by atoms with Gasteiger partial charge >= 0.3 is 0 Å². The molecule has 9 nitrogen and oxygen atoms in total. The van der Waals surface area contributed by atoms with Gasteiger partial charge in [0.1, 0.15) is 17.7 Å². The first kappa shape index (κ1) is 24.4. The SMILES string of the molecule is CC.Cn1cc(-c2cc3c(N4CCN(c5ncc(Cc6ccc(F)cc6)cn5)CC4)ncnn3c2)cn1. The van der Waals surface area contributed by atoms with E-state index in [1.807, 2.05) is 56.4 Å². The molecule has 0 amide bonds. The normalized spacial score (nSPS) is 13.5. The summed E-state index contributed by atoms with van der Waals surface area (Å²) in [4.78, 5) is 18.2. The molecule has 0 N–H and O–H groups in total. The Morgan fingerprint density at radius 2 is 1.49 bits per heavy atom. The smallest absolute Gasteiger partial charge is 0.225 e. The Bertz CT molecular complexity index is 1450. The number of hydrogen-bond acceptors (Lipinski definition) is 7. The van der Waals surface area contributed by atoms with E-state index in [-0.39, 0.29) is 5.82 Å². The highest BCUT2D eigenvalue weighted by atomic mass is 19.1. The summed E-state index contributed by atoms with van der Waals surface area (Å²) in [5, 5.41) is 8.67. The van der Waals surface area contributed by atoms with Crippen LogP contribution in [-0.2, 0) is 13.5 Å². The topological polar surface area (TPSA) is 80.3 Å². The molecule has 37 heavy (non-hydrogen) atoms. The molecule has 0 atom stereocenters. The fourth-order valence-corrected chi connectivity index (χ4v) is 4.45. The quantitative estimate of drug-likeness (QED) is 0.362. The van der Waals surface area contributed by atoms with E-state index in [0.29, 0.717) is 6.42 Å². The number of aryl methyl sites for hydroxylation is 1. The summed E-state index contributed by atoms with van der Waals surface area (Å²) in [5.41, 5.74) is 5.12. The van der Waals surface area contributed by atoms with Gasteiger partial charge in [-0.05, 0) is 29.3 Å². The van der Waals surface area contributed by atoms with E-state index in [4.69, 9.17) is 0 Å². The number of halogens is 1. The van der Waals surface area contributed by atoms with Crippen molar-refractivity contribution in [1.29, 1.82) is 0 Å². The fourth-order valence-electron chi connectivity index (χ4n) is 4.45. The van der Waals surface area contributed by atoms with Crippen LogP contribution in [0.5, 0.6) is 0 Å². The molecule has 5 aromatic rings. The van der Waals surface area contributed by atoms with Crippen LogP contribution >= 0.6 is 0 Å². The van der Waals surface area contributed by atoms with Crippen molar-refractivity contribution >= 4 is 17.3 Å². The lowest BCUT2D eigenvalue weighted by molar-refractivity contribution is 0.627. The fraction of sp³-hybridized carbons (Fsp3) is 0.296. The summed E-state index contributed by atoms with van der Waals surface area (Å²) in [6.45, 7) is 7.20. The molecule has 0 bridgehead atoms. The van der Waals surface area contributed by atoms with Crippen molar-refractivity contribution in [3.63, 3.8) is 0 Å². The van der Waals surface area contributed by atoms with Crippen LogP contribution in [0.4, 0.5) is 16.2 Å². The van der Waals surface area contributed by atoms with Gasteiger partial charge in [0.15, 0.2) is 5.82 Å². The van der Waals surface area contributed by atoms with Crippen LogP contribution in [0.3, 0.4) is 0 Å². The van der Waals surface area contributed by atoms with E-state index in [0.717, 1.165) is 65.7 Å². The van der Waals surface area contributed by atoms with E-state index in [1.165, 1.54) is 12.1 Å². The van der Waals surface area contributed by atoms with Crippen LogP contribution in [0.1, 0.15) is 25.0 Å². The molecule has 10 heteroatoms. The average Bonchev–Trinajstić information content (AvgIpc) is 3.58. The number of hydrogen-bond donors (Lipinski definition) is 0. The van der Waals surface area contributed by atoms with Crippen LogP contribution in [0.15, 0.2) is 67.6 Å². The third-order valence-electron chi connectivity index (χ3n) is 6.30. The van der Waals surface area contributed by atoms with Gasteiger partial charge < -0.3 is 9.80 Å². The average molecular weight is 500 g/mol. The zero-order valence-corrected chi connectivity index (χ0v) is 21.3. The first-order chi connectivity index (χ1) is 18.1. The molecule has 1 aromatic carbocycles. The maximum Gasteiger partial charge on any atom is 0.225 e. The van der Waals surface area contributed by atoms with Gasteiger partial charge in [0.05, 0.1) is 6.20 Å². The van der Waals surface area contributed by atoms with Crippen molar-refractivity contribution in [2.24, 2.45) is 7.05 Å². The molecule has 0 spiro atoms. The van der Waals surface area contributed by atoms with Crippen LogP contribution in [-0.4, -0.2) is 60.5 Å². The number of rotatable bonds is 5. The van der Waals surface area contributed by atoms with Gasteiger partial charge in [-0.2, -0.15) is 10.2 Å². The minimum absolute atomic E-state index is 0.229. The molecule has 1 aliphatic heterocycles. The molecular formula is C27H30FN9. The minimum Gasteiger partial charge on any atom is -0.351 e. The summed E-state index contributed by atoms with van der Waals surface area (Å²) < 4.78 is 16.8. The van der Waals surface area contributed by atoms with Gasteiger partial charge in [-0.3, -0.25) is 4.68 Å². The predicted octanol–water partition coefficient (Wildman–Crippen LogP) is 4.00. The van der Waals surface area contributed by atoms with Crippen molar-refractivity contribution < 1.29 is 4.39 Å². The highest BCUT2D eigenvalue weighted by Gasteiger charge is 2.22. The van der Waals surface area contributed by atoms with Crippen molar-refractivity contribution in [3.05, 3.63) is 84.6 Å². The molecule has 0 aliphatic carbocycles. The van der Waals surface area contributed by atoms with Gasteiger partial charge in [-0.25, -0.2) is 23.9 Å². The lowest BCUT2D eigenvalue weighted by Gasteiger charge is -2.35. The lowest BCUT2D eigenvalue weighted by atomic mass is 10.1. The molecule has 1 fully saturated rings. The lowest BCUT2D eigenvalue weighted by Crippen LogP contribution is -2.47. The van der Waals surface area contributed by atoms with E-state index < -0.39 is 0 Å². The third kappa shape index (κ3) is 5.28. The largest absolute Gasteiger partial charge is 0.351 e. The molecule has 5 heterocycles. The van der Waals surface area contributed by atoms with Crippen LogP contribution in [0, 0.1) is 5.82 Å². The number of benzene rings is 1. The Labute approximate surface area is 215 Å². The summed E-state index contributed by atoms with van der Waals surface area (Å²) in [6, 6.07) is 8.64. The number of fused-ring (bicyclic) bond motifs is 1. The molecule has 4 aromatic heterocycles. The predicted molar refractivity (Wildman–Crippen MR) is 142 cm³/mol. The Morgan fingerprint density at radius 1 is 0.784 bits per heavy atom. The standard InChI is InChI=1S/C25H24FN9.C2H6/c1-32-15-21(14-30-32)20-11-23-24(29-17-31-35(23)16-20)33-6-8-34(9-7-33)25-27-12-19(13-28-25)10-18-2-4-22(26)5-3-18;1-2/h2-5,11-17H,6-10H2,1H3;1-2H3. The van der Waals surface area contributed by atoms with Crippen molar-refractivity contribution in [3.8, 4) is 11.1 Å². The summed E-state index contributed by atoms with van der Waals surface area (Å²) in [5.74, 6) is 1.42. The van der Waals surface area contributed by atoms with Crippen LogP contribution < -0.4 is 9.80 Å². The first-order valence-electron chi connectivity index (χ1n) is 12.5. The third-order valence-corrected chi connectivity index (χ3v) is 6.30. The Balaban J connectivity index is 0.00000137. The molecule has 6 rings (SSSR count). The number of anilines is 2. The Hall–Kier alpha value is -4.34. The second kappa shape index (κ2) is 10.7. The monoisotopic (exact) mass is 499 g/mol. The van der Waals surface area contributed by atoms with Crippen LogP contribution in [0.2, 0.25) is 0 Å². The zero-order chi connectivity index (χ0) is 25.8.